The van der Waals surface area contributed by atoms with E-state index in [1.165, 1.54) is 12.8 Å². The van der Waals surface area contributed by atoms with E-state index in [1.807, 2.05) is 0 Å². The molecular formula is C14H26N2. The van der Waals surface area contributed by atoms with Crippen LogP contribution in [0.5, 0.6) is 0 Å². The monoisotopic (exact) mass is 222 g/mol. The minimum absolute atomic E-state index is 0.252. The van der Waals surface area contributed by atoms with Crippen molar-refractivity contribution in [3.8, 4) is 6.07 Å². The number of rotatable bonds is 3. The average molecular weight is 222 g/mol. The highest BCUT2D eigenvalue weighted by Gasteiger charge is 2.35. The van der Waals surface area contributed by atoms with Crippen LogP contribution in [0.15, 0.2) is 0 Å². The largest absolute Gasteiger partial charge is 0.299 e. The minimum atomic E-state index is -0.252. The lowest BCUT2D eigenvalue weighted by Gasteiger charge is -2.28. The number of nitrogens with zero attached hydrogens (tertiary/aromatic N) is 1. The third-order valence-electron chi connectivity index (χ3n) is 3.75. The van der Waals surface area contributed by atoms with Crippen molar-refractivity contribution in [3.63, 3.8) is 0 Å². The molecule has 0 aromatic rings. The average Bonchev–Trinajstić information content (AvgIpc) is 2.35. The number of nitriles is 1. The van der Waals surface area contributed by atoms with Crippen LogP contribution >= 0.6 is 0 Å². The molecule has 1 aliphatic rings. The predicted molar refractivity (Wildman–Crippen MR) is 68.1 cm³/mol. The van der Waals surface area contributed by atoms with Gasteiger partial charge in [-0.1, -0.05) is 34.1 Å². The Balaban J connectivity index is 2.63. The summed E-state index contributed by atoms with van der Waals surface area (Å²) in [7, 11) is 0. The second-order valence-corrected chi connectivity index (χ2v) is 6.49. The van der Waals surface area contributed by atoms with Crippen LogP contribution in [0.2, 0.25) is 0 Å². The molecule has 0 amide bonds. The van der Waals surface area contributed by atoms with Crippen LogP contribution in [0.3, 0.4) is 0 Å². The van der Waals surface area contributed by atoms with E-state index in [1.54, 1.807) is 0 Å². The van der Waals surface area contributed by atoms with Gasteiger partial charge in [-0.15, -0.1) is 0 Å². The summed E-state index contributed by atoms with van der Waals surface area (Å²) in [4.78, 5) is 0. The maximum atomic E-state index is 9.44. The Morgan fingerprint density at radius 1 is 1.19 bits per heavy atom. The van der Waals surface area contributed by atoms with E-state index >= 15 is 0 Å². The fraction of sp³-hybridized carbons (Fsp3) is 0.929. The van der Waals surface area contributed by atoms with Gasteiger partial charge in [0.05, 0.1) is 6.07 Å². The highest BCUT2D eigenvalue weighted by Crippen LogP contribution is 2.37. The van der Waals surface area contributed by atoms with Gasteiger partial charge >= 0.3 is 0 Å². The van der Waals surface area contributed by atoms with Crippen molar-refractivity contribution < 1.29 is 0 Å². The van der Waals surface area contributed by atoms with Gasteiger partial charge in [0.25, 0.3) is 0 Å². The van der Waals surface area contributed by atoms with E-state index in [-0.39, 0.29) is 5.54 Å². The van der Waals surface area contributed by atoms with Crippen molar-refractivity contribution in [2.45, 2.75) is 65.3 Å². The first-order chi connectivity index (χ1) is 7.39. The molecule has 16 heavy (non-hydrogen) atoms. The molecule has 0 aromatic heterocycles. The van der Waals surface area contributed by atoms with Crippen LogP contribution in [0.1, 0.15) is 59.8 Å². The molecule has 0 radical (unpaired) electrons. The summed E-state index contributed by atoms with van der Waals surface area (Å²) in [5.74, 6) is 0.612. The van der Waals surface area contributed by atoms with E-state index in [0.717, 1.165) is 25.8 Å². The second kappa shape index (κ2) is 5.19. The summed E-state index contributed by atoms with van der Waals surface area (Å²) in [5, 5.41) is 12.9. The molecule has 0 aromatic carbocycles. The lowest BCUT2D eigenvalue weighted by Crippen LogP contribution is -2.45. The van der Waals surface area contributed by atoms with Crippen LogP contribution in [0, 0.1) is 22.7 Å². The Bertz CT molecular complexity index is 262. The molecule has 1 fully saturated rings. The lowest BCUT2D eigenvalue weighted by molar-refractivity contribution is 0.294. The standard InChI is InChI=1S/C14H26N2/c1-12(2)10-16-14(11-15)7-5-6-13(3,4)8-9-14/h12,16H,5-10H2,1-4H3. The van der Waals surface area contributed by atoms with Gasteiger partial charge in [0.15, 0.2) is 0 Å². The van der Waals surface area contributed by atoms with Crippen molar-refractivity contribution in [1.29, 1.82) is 5.26 Å². The van der Waals surface area contributed by atoms with Crippen LogP contribution in [0.4, 0.5) is 0 Å². The van der Waals surface area contributed by atoms with Crippen molar-refractivity contribution in [1.82, 2.24) is 5.32 Å². The molecule has 0 spiro atoms. The van der Waals surface area contributed by atoms with Gasteiger partial charge < -0.3 is 0 Å². The Kier molecular flexibility index (Phi) is 4.38. The first-order valence-electron chi connectivity index (χ1n) is 6.55. The molecule has 1 atom stereocenters. The van der Waals surface area contributed by atoms with Crippen molar-refractivity contribution in [2.24, 2.45) is 11.3 Å². The first-order valence-corrected chi connectivity index (χ1v) is 6.55. The molecule has 1 rings (SSSR count). The van der Waals surface area contributed by atoms with Crippen molar-refractivity contribution in [3.05, 3.63) is 0 Å². The van der Waals surface area contributed by atoms with Gasteiger partial charge in [-0.3, -0.25) is 5.32 Å². The van der Waals surface area contributed by atoms with Crippen molar-refractivity contribution >= 4 is 0 Å². The molecule has 1 saturated carbocycles. The summed E-state index contributed by atoms with van der Waals surface area (Å²) in [6.07, 6.45) is 5.60. The molecule has 0 aliphatic heterocycles. The molecule has 0 bridgehead atoms. The molecule has 1 N–H and O–H groups in total. The molecule has 2 nitrogen and oxygen atoms in total. The summed E-state index contributed by atoms with van der Waals surface area (Å²) in [6.45, 7) is 9.98. The SMILES string of the molecule is CC(C)CNC1(C#N)CCCC(C)(C)CC1. The molecule has 1 unspecified atom stereocenters. The van der Waals surface area contributed by atoms with Crippen LogP contribution in [-0.2, 0) is 0 Å². The number of hydrogen-bond donors (Lipinski definition) is 1. The Hall–Kier alpha value is -0.550. The zero-order valence-corrected chi connectivity index (χ0v) is 11.3. The van der Waals surface area contributed by atoms with Crippen LogP contribution in [0.25, 0.3) is 0 Å². The maximum absolute atomic E-state index is 9.44. The van der Waals surface area contributed by atoms with E-state index in [2.05, 4.69) is 39.1 Å². The van der Waals surface area contributed by atoms with Gasteiger partial charge in [0, 0.05) is 0 Å². The van der Waals surface area contributed by atoms with Crippen LogP contribution < -0.4 is 5.32 Å². The zero-order chi connectivity index (χ0) is 12.2. The minimum Gasteiger partial charge on any atom is -0.299 e. The number of hydrogen-bond acceptors (Lipinski definition) is 2. The zero-order valence-electron chi connectivity index (χ0n) is 11.3. The maximum Gasteiger partial charge on any atom is 0.106 e. The van der Waals surface area contributed by atoms with E-state index < -0.39 is 0 Å². The first kappa shape index (κ1) is 13.5. The predicted octanol–water partition coefficient (Wildman–Crippen LogP) is 3.48. The summed E-state index contributed by atoms with van der Waals surface area (Å²) in [6, 6.07) is 2.54. The van der Waals surface area contributed by atoms with E-state index in [4.69, 9.17) is 0 Å². The highest BCUT2D eigenvalue weighted by atomic mass is 15.0. The van der Waals surface area contributed by atoms with Gasteiger partial charge in [-0.05, 0) is 43.6 Å². The Labute approximate surface area is 100 Å². The lowest BCUT2D eigenvalue weighted by atomic mass is 9.84. The van der Waals surface area contributed by atoms with Gasteiger partial charge in [0.2, 0.25) is 0 Å². The summed E-state index contributed by atoms with van der Waals surface area (Å²) >= 11 is 0. The molecular weight excluding hydrogens is 196 g/mol. The molecule has 0 heterocycles. The third-order valence-corrected chi connectivity index (χ3v) is 3.75. The van der Waals surface area contributed by atoms with Gasteiger partial charge in [0.1, 0.15) is 5.54 Å². The molecule has 0 saturated heterocycles. The van der Waals surface area contributed by atoms with Gasteiger partial charge in [-0.2, -0.15) is 5.26 Å². The van der Waals surface area contributed by atoms with E-state index in [9.17, 15) is 5.26 Å². The quantitative estimate of drug-likeness (QED) is 0.742. The molecule has 1 aliphatic carbocycles. The highest BCUT2D eigenvalue weighted by molar-refractivity contribution is 5.08. The Morgan fingerprint density at radius 2 is 1.88 bits per heavy atom. The van der Waals surface area contributed by atoms with Gasteiger partial charge in [-0.25, -0.2) is 0 Å². The molecule has 92 valence electrons. The smallest absolute Gasteiger partial charge is 0.106 e. The fourth-order valence-corrected chi connectivity index (χ4v) is 2.40. The number of nitrogens with one attached hydrogen (secondary N) is 1. The normalized spacial score (nSPS) is 29.8. The van der Waals surface area contributed by atoms with Crippen LogP contribution in [-0.4, -0.2) is 12.1 Å². The summed E-state index contributed by atoms with van der Waals surface area (Å²) < 4.78 is 0. The second-order valence-electron chi connectivity index (χ2n) is 6.49. The Morgan fingerprint density at radius 3 is 2.44 bits per heavy atom. The topological polar surface area (TPSA) is 35.8 Å². The molecule has 2 heteroatoms. The third kappa shape index (κ3) is 3.79. The van der Waals surface area contributed by atoms with E-state index in [0.29, 0.717) is 11.3 Å². The fourth-order valence-electron chi connectivity index (χ4n) is 2.40. The van der Waals surface area contributed by atoms with Crippen molar-refractivity contribution in [2.75, 3.05) is 6.54 Å². The summed E-state index contributed by atoms with van der Waals surface area (Å²) in [5.41, 5.74) is 0.163.